The van der Waals surface area contributed by atoms with Gasteiger partial charge in [-0.25, -0.2) is 34.9 Å². The normalized spacial score (nSPS) is 11.6. The van der Waals surface area contributed by atoms with Gasteiger partial charge in [0.2, 0.25) is 5.95 Å². The van der Waals surface area contributed by atoms with Gasteiger partial charge in [0, 0.05) is 136 Å². The number of para-hydroxylation sites is 7. The van der Waals surface area contributed by atoms with Crippen molar-refractivity contribution in [3.05, 3.63) is 534 Å². The van der Waals surface area contributed by atoms with E-state index in [0.29, 0.717) is 23.4 Å². The van der Waals surface area contributed by atoms with Gasteiger partial charge < -0.3 is 13.7 Å². The van der Waals surface area contributed by atoms with Crippen LogP contribution in [0, 0.1) is 0 Å². The molecule has 0 fully saturated rings. The van der Waals surface area contributed by atoms with Gasteiger partial charge in [0.15, 0.2) is 17.5 Å². The lowest BCUT2D eigenvalue weighted by Gasteiger charge is -2.12. The lowest BCUT2D eigenvalue weighted by atomic mass is 10.0. The van der Waals surface area contributed by atoms with E-state index in [0.717, 1.165) is 140 Å². The van der Waals surface area contributed by atoms with Crippen LogP contribution in [0.3, 0.4) is 0 Å². The maximum Gasteiger partial charge on any atom is 0.235 e. The van der Waals surface area contributed by atoms with Gasteiger partial charge in [-0.15, -0.1) is 11.3 Å². The molecule has 30 aromatic rings. The Labute approximate surface area is 867 Å². The Morgan fingerprint density at radius 3 is 0.973 bits per heavy atom. The van der Waals surface area contributed by atoms with E-state index in [1.165, 1.54) is 108 Å². The first-order chi connectivity index (χ1) is 74.4. The molecule has 12 nitrogen and oxygen atoms in total. The largest absolute Gasteiger partial charge is 0.309 e. The van der Waals surface area contributed by atoms with Crippen LogP contribution in [0.5, 0.6) is 0 Å². The maximum atomic E-state index is 5.26. The van der Waals surface area contributed by atoms with Crippen LogP contribution < -0.4 is 0 Å². The SMILES string of the molecule is c1ccc(-c2cc(-c3ccccc3)nc(-n3c4ccccc4c4cc(-c5ccc6c(c5)c5ccccc5n6-c5ccccc5)cnc43)c2)cc1.c1ccc(-c2cc(-c3ccccc3)nc(-n3c4ccccc4c4cc(-c5cccc6c5sc5ccccc56)ccc43)n2)cc1.c1ccc(-c2nc(-c3ccccc3)nc(-c3cccc(-n4c5ccccc5c5cc(-c6ccc7c(c6)c6ccccc6n7-c6ccccc6)ccc54)c3)n2)cc1. The maximum absolute atomic E-state index is 5.26. The highest BCUT2D eigenvalue weighted by Crippen LogP contribution is 2.47. The number of thiophene rings is 1. The molecule has 10 aromatic heterocycles. The van der Waals surface area contributed by atoms with Crippen LogP contribution in [-0.2, 0) is 0 Å². The third-order valence-corrected chi connectivity index (χ3v) is 30.2. The van der Waals surface area contributed by atoms with Crippen molar-refractivity contribution in [3.63, 3.8) is 0 Å². The molecule has 0 bridgehead atoms. The Hall–Kier alpha value is -20.0. The standard InChI is InChI=1S/C51H33N5.C46H30N4.C40H25N3S/c1-4-15-34(16-5-1)49-52-50(35-17-6-2-7-18-35)54-51(53-49)38-19-14-22-40(31-38)56-46-26-13-11-24-42(46)44-33-37(28-30-48(44)56)36-27-29-47-43(32-36)41-23-10-12-25-45(41)55(47)39-20-8-3-9-21-39;1-4-14-31(15-5-1)34-28-41(32-16-6-2-7-17-32)48-45(29-34)50-43-23-13-11-21-38(43)40-27-35(30-47-46(40)50)33-24-25-44-39(26-33)37-20-10-12-22-42(37)49(44)36-18-8-3-9-19-36;1-3-12-26(13-4-1)34-25-35(27-14-5-2-6-15-27)42-40(41-34)43-36-20-9-7-16-30(36)33-24-28(22-23-37(33)43)29-18-11-19-32-31-17-8-10-21-38(31)44-39(29)32/h1-33H;1-30H;1-25H. The van der Waals surface area contributed by atoms with Gasteiger partial charge in [0.1, 0.15) is 11.5 Å². The zero-order chi connectivity index (χ0) is 99.1. The van der Waals surface area contributed by atoms with Crippen molar-refractivity contribution in [1.82, 2.24) is 57.7 Å². The molecule has 0 aliphatic rings. The van der Waals surface area contributed by atoms with E-state index >= 15 is 0 Å². The average molecular weight is 1930 g/mol. The Bertz CT molecular complexity index is 10300. The summed E-state index contributed by atoms with van der Waals surface area (Å²) < 4.78 is 14.1. The van der Waals surface area contributed by atoms with Crippen molar-refractivity contribution in [2.45, 2.75) is 0 Å². The van der Waals surface area contributed by atoms with Crippen molar-refractivity contribution < 1.29 is 0 Å². The first-order valence-corrected chi connectivity index (χ1v) is 51.4. The highest BCUT2D eigenvalue weighted by atomic mass is 32.1. The molecule has 13 heteroatoms. The first-order valence-electron chi connectivity index (χ1n) is 50.5. The van der Waals surface area contributed by atoms with Crippen LogP contribution in [0.25, 0.3) is 271 Å². The number of benzene rings is 20. The summed E-state index contributed by atoms with van der Waals surface area (Å²) in [7, 11) is 0. The van der Waals surface area contributed by atoms with Gasteiger partial charge >= 0.3 is 0 Å². The summed E-state index contributed by atoms with van der Waals surface area (Å²) in [6.07, 6.45) is 2.01. The molecule has 30 rings (SSSR count). The summed E-state index contributed by atoms with van der Waals surface area (Å²) >= 11 is 1.87. The smallest absolute Gasteiger partial charge is 0.235 e. The number of aromatic nitrogens is 12. The van der Waals surface area contributed by atoms with E-state index < -0.39 is 0 Å². The van der Waals surface area contributed by atoms with E-state index in [2.05, 4.69) is 472 Å². The van der Waals surface area contributed by atoms with Gasteiger partial charge in [0.05, 0.1) is 66.7 Å². The van der Waals surface area contributed by atoms with Gasteiger partial charge in [-0.3, -0.25) is 9.13 Å². The molecular formula is C137H88N12S. The fourth-order valence-corrected chi connectivity index (χ4v) is 23.2. The number of rotatable bonds is 15. The van der Waals surface area contributed by atoms with Crippen molar-refractivity contribution in [1.29, 1.82) is 0 Å². The predicted molar refractivity (Wildman–Crippen MR) is 623 cm³/mol. The molecule has 150 heavy (non-hydrogen) atoms. The third-order valence-electron chi connectivity index (χ3n) is 28.9. The van der Waals surface area contributed by atoms with Gasteiger partial charge in [-0.1, -0.05) is 382 Å². The van der Waals surface area contributed by atoms with Crippen LogP contribution in [0.4, 0.5) is 0 Å². The molecule has 20 aromatic carbocycles. The molecule has 0 aliphatic carbocycles. The second-order valence-corrected chi connectivity index (χ2v) is 38.9. The van der Waals surface area contributed by atoms with Gasteiger partial charge in [0.25, 0.3) is 0 Å². The van der Waals surface area contributed by atoms with Crippen molar-refractivity contribution in [2.75, 3.05) is 0 Å². The fourth-order valence-electron chi connectivity index (χ4n) is 22.0. The minimum Gasteiger partial charge on any atom is -0.309 e. The number of nitrogens with zero attached hydrogens (tertiary/aromatic N) is 12. The third kappa shape index (κ3) is 15.7. The summed E-state index contributed by atoms with van der Waals surface area (Å²) in [4.78, 5) is 35.7. The molecule has 0 unspecified atom stereocenters. The number of hydrogen-bond donors (Lipinski definition) is 0. The minimum absolute atomic E-state index is 0.631. The highest BCUT2D eigenvalue weighted by molar-refractivity contribution is 7.26. The molecule has 0 radical (unpaired) electrons. The summed E-state index contributed by atoms with van der Waals surface area (Å²) in [5.74, 6) is 3.42. The molecule has 10 heterocycles. The molecule has 0 saturated heterocycles. The number of pyridine rings is 2. The van der Waals surface area contributed by atoms with E-state index in [1.807, 2.05) is 96.4 Å². The summed E-state index contributed by atoms with van der Waals surface area (Å²) in [6.45, 7) is 0. The Balaban J connectivity index is 0.000000109. The van der Waals surface area contributed by atoms with Crippen LogP contribution in [-0.4, -0.2) is 57.7 Å². The molecule has 0 aliphatic heterocycles. The molecule has 0 atom stereocenters. The monoisotopic (exact) mass is 1930 g/mol. The highest BCUT2D eigenvalue weighted by Gasteiger charge is 2.26. The van der Waals surface area contributed by atoms with Crippen LogP contribution in [0.15, 0.2) is 534 Å². The molecule has 0 N–H and O–H groups in total. The molecule has 0 spiro atoms. The topological polar surface area (TPSA) is 115 Å². The van der Waals surface area contributed by atoms with Crippen molar-refractivity contribution >= 4 is 141 Å². The fraction of sp³-hybridized carbons (Fsp3) is 0. The van der Waals surface area contributed by atoms with E-state index in [9.17, 15) is 0 Å². The number of fused-ring (bicyclic) bond motifs is 18. The van der Waals surface area contributed by atoms with E-state index in [4.69, 9.17) is 34.9 Å². The van der Waals surface area contributed by atoms with Crippen LogP contribution in [0.1, 0.15) is 0 Å². The lowest BCUT2D eigenvalue weighted by molar-refractivity contribution is 0.995. The summed E-state index contributed by atoms with van der Waals surface area (Å²) in [5, 5.41) is 14.6. The second kappa shape index (κ2) is 37.3. The molecule has 0 saturated carbocycles. The van der Waals surface area contributed by atoms with Crippen molar-refractivity contribution in [2.24, 2.45) is 0 Å². The second-order valence-electron chi connectivity index (χ2n) is 37.8. The van der Waals surface area contributed by atoms with Crippen LogP contribution >= 0.6 is 11.3 Å². The Kier molecular flexibility index (Phi) is 21.8. The zero-order valence-corrected chi connectivity index (χ0v) is 81.9. The Morgan fingerprint density at radius 2 is 0.493 bits per heavy atom. The zero-order valence-electron chi connectivity index (χ0n) is 81.1. The van der Waals surface area contributed by atoms with Crippen LogP contribution in [0.2, 0.25) is 0 Å². The Morgan fingerprint density at radius 1 is 0.167 bits per heavy atom. The van der Waals surface area contributed by atoms with E-state index in [1.54, 1.807) is 0 Å². The van der Waals surface area contributed by atoms with Gasteiger partial charge in [-0.05, 0) is 185 Å². The lowest BCUT2D eigenvalue weighted by Crippen LogP contribution is -2.03. The predicted octanol–water partition coefficient (Wildman–Crippen LogP) is 35.3. The number of hydrogen-bond acceptors (Lipinski definition) is 8. The summed E-state index contributed by atoms with van der Waals surface area (Å²) in [6, 6.07) is 186. The van der Waals surface area contributed by atoms with Crippen molar-refractivity contribution in [3.8, 4) is 141 Å². The summed E-state index contributed by atoms with van der Waals surface area (Å²) in [5.41, 5.74) is 32.6. The minimum atomic E-state index is 0.631. The first kappa shape index (κ1) is 87.8. The average Bonchev–Trinajstić information content (AvgIpc) is 1.58. The van der Waals surface area contributed by atoms with E-state index in [-0.39, 0.29) is 0 Å². The molecular weight excluding hydrogens is 1850 g/mol. The quantitative estimate of drug-likeness (QED) is 0.100. The van der Waals surface area contributed by atoms with Gasteiger partial charge in [-0.2, -0.15) is 0 Å². The molecule has 702 valence electrons. The molecule has 0 amide bonds.